The maximum absolute atomic E-state index is 12.5. The Kier molecular flexibility index (Phi) is 6.17. The third-order valence-electron chi connectivity index (χ3n) is 5.56. The molecule has 2 N–H and O–H groups in total. The Morgan fingerprint density at radius 3 is 2.48 bits per heavy atom. The number of nitrogens with zero attached hydrogens (tertiary/aromatic N) is 2. The lowest BCUT2D eigenvalue weighted by Crippen LogP contribution is -2.41. The van der Waals surface area contributed by atoms with Crippen LogP contribution in [0, 0.1) is 0 Å². The number of nitrogens with one attached hydrogen (secondary N) is 2. The van der Waals surface area contributed by atoms with Crippen molar-refractivity contribution < 1.29 is 13.2 Å². The number of sulfonamides is 1. The van der Waals surface area contributed by atoms with Crippen LogP contribution in [-0.4, -0.2) is 48.4 Å². The van der Waals surface area contributed by atoms with E-state index < -0.39 is 10.0 Å². The van der Waals surface area contributed by atoms with E-state index in [2.05, 4.69) is 9.71 Å². The van der Waals surface area contributed by atoms with E-state index in [1.165, 1.54) is 24.3 Å². The van der Waals surface area contributed by atoms with Crippen LogP contribution in [0.4, 0.5) is 0 Å². The van der Waals surface area contributed by atoms with Crippen molar-refractivity contribution in [3.63, 3.8) is 0 Å². The minimum Gasteiger partial charge on any atom is -0.343 e. The number of para-hydroxylation sites is 2. The molecule has 8 nitrogen and oxygen atoms in total. The standard InChI is InChI=1S/C21H23ClN4O4S/c22-15-5-7-17(8-6-15)31(29,30)23-12-9-20(27)25-13-10-16(11-14-25)26-19-4-2-1-3-18(19)24-21(26)28/h1-8,16,23H,9-14H2,(H,24,28). The fraction of sp³-hybridized carbons (Fsp3) is 0.333. The Labute approximate surface area is 184 Å². The lowest BCUT2D eigenvalue weighted by Gasteiger charge is -2.32. The number of fused-ring (bicyclic) bond motifs is 1. The molecule has 0 aliphatic carbocycles. The van der Waals surface area contributed by atoms with Crippen LogP contribution in [0.25, 0.3) is 11.0 Å². The molecule has 1 saturated heterocycles. The average Bonchev–Trinajstić information content (AvgIpc) is 3.09. The van der Waals surface area contributed by atoms with Crippen LogP contribution >= 0.6 is 11.6 Å². The molecule has 1 fully saturated rings. The van der Waals surface area contributed by atoms with Gasteiger partial charge >= 0.3 is 5.69 Å². The molecule has 0 bridgehead atoms. The molecule has 0 unspecified atom stereocenters. The van der Waals surface area contributed by atoms with Crippen molar-refractivity contribution >= 4 is 38.6 Å². The number of H-pyrrole nitrogens is 1. The zero-order valence-corrected chi connectivity index (χ0v) is 18.3. The minimum absolute atomic E-state index is 0.0195. The monoisotopic (exact) mass is 462 g/mol. The molecule has 164 valence electrons. The molecule has 1 aliphatic rings. The molecule has 1 aliphatic heterocycles. The Bertz CT molecular complexity index is 1240. The molecule has 2 aromatic carbocycles. The molecular formula is C21H23ClN4O4S. The third-order valence-corrected chi connectivity index (χ3v) is 7.29. The van der Waals surface area contributed by atoms with Crippen LogP contribution in [-0.2, 0) is 14.8 Å². The van der Waals surface area contributed by atoms with Gasteiger partial charge in [-0.15, -0.1) is 0 Å². The van der Waals surface area contributed by atoms with E-state index in [1.807, 2.05) is 24.3 Å². The number of benzene rings is 2. The molecule has 1 aromatic heterocycles. The number of halogens is 1. The van der Waals surface area contributed by atoms with E-state index in [4.69, 9.17) is 11.6 Å². The number of aromatic nitrogens is 2. The highest BCUT2D eigenvalue weighted by atomic mass is 35.5. The first kappa shape index (κ1) is 21.6. The normalized spacial score (nSPS) is 15.5. The summed E-state index contributed by atoms with van der Waals surface area (Å²) in [6, 6.07) is 13.4. The predicted molar refractivity (Wildman–Crippen MR) is 119 cm³/mol. The second-order valence-electron chi connectivity index (χ2n) is 7.53. The number of carbonyl (C=O) groups is 1. The van der Waals surface area contributed by atoms with Gasteiger partial charge in [0.1, 0.15) is 0 Å². The summed E-state index contributed by atoms with van der Waals surface area (Å²) in [5.74, 6) is -0.108. The first-order valence-electron chi connectivity index (χ1n) is 10.1. The van der Waals surface area contributed by atoms with E-state index in [0.29, 0.717) is 31.0 Å². The number of rotatable bonds is 6. The van der Waals surface area contributed by atoms with Crippen LogP contribution in [0.5, 0.6) is 0 Å². The number of hydrogen-bond acceptors (Lipinski definition) is 4. The third kappa shape index (κ3) is 4.68. The fourth-order valence-electron chi connectivity index (χ4n) is 3.96. The average molecular weight is 463 g/mol. The van der Waals surface area contributed by atoms with Gasteiger partial charge in [0, 0.05) is 37.1 Å². The molecular weight excluding hydrogens is 440 g/mol. The Balaban J connectivity index is 1.31. The van der Waals surface area contributed by atoms with E-state index in [0.717, 1.165) is 11.0 Å². The summed E-state index contributed by atoms with van der Waals surface area (Å²) >= 11 is 5.79. The Hall–Kier alpha value is -2.62. The van der Waals surface area contributed by atoms with Gasteiger partial charge in [-0.2, -0.15) is 0 Å². The molecule has 31 heavy (non-hydrogen) atoms. The van der Waals surface area contributed by atoms with Gasteiger partial charge in [-0.25, -0.2) is 17.9 Å². The summed E-state index contributed by atoms with van der Waals surface area (Å²) in [4.78, 5) is 29.6. The highest BCUT2D eigenvalue weighted by molar-refractivity contribution is 7.89. The molecule has 2 heterocycles. The first-order valence-corrected chi connectivity index (χ1v) is 11.9. The lowest BCUT2D eigenvalue weighted by molar-refractivity contribution is -0.132. The quantitative estimate of drug-likeness (QED) is 0.587. The van der Waals surface area contributed by atoms with Crippen molar-refractivity contribution in [2.75, 3.05) is 19.6 Å². The Morgan fingerprint density at radius 1 is 1.10 bits per heavy atom. The summed E-state index contributed by atoms with van der Waals surface area (Å²) in [6.45, 7) is 1.07. The predicted octanol–water partition coefficient (Wildman–Crippen LogP) is 2.52. The van der Waals surface area contributed by atoms with Gasteiger partial charge < -0.3 is 9.88 Å². The SMILES string of the molecule is O=C(CCNS(=O)(=O)c1ccc(Cl)cc1)N1CCC(n2c(=O)[nH]c3ccccc32)CC1. The van der Waals surface area contributed by atoms with Crippen molar-refractivity contribution in [1.82, 2.24) is 19.2 Å². The molecule has 1 amide bonds. The van der Waals surface area contributed by atoms with Crippen molar-refractivity contribution in [3.8, 4) is 0 Å². The van der Waals surface area contributed by atoms with Crippen LogP contribution in [0.15, 0.2) is 58.2 Å². The van der Waals surface area contributed by atoms with Gasteiger partial charge in [0.2, 0.25) is 15.9 Å². The largest absolute Gasteiger partial charge is 0.343 e. The number of hydrogen-bond donors (Lipinski definition) is 2. The highest BCUT2D eigenvalue weighted by Crippen LogP contribution is 2.25. The van der Waals surface area contributed by atoms with E-state index in [1.54, 1.807) is 9.47 Å². The second kappa shape index (κ2) is 8.86. The summed E-state index contributed by atoms with van der Waals surface area (Å²) in [5.41, 5.74) is 1.54. The Morgan fingerprint density at radius 2 is 1.77 bits per heavy atom. The number of aromatic amines is 1. The topological polar surface area (TPSA) is 104 Å². The minimum atomic E-state index is -3.69. The van der Waals surface area contributed by atoms with Gasteiger partial charge in [-0.3, -0.25) is 9.36 Å². The summed E-state index contributed by atoms with van der Waals surface area (Å²) < 4.78 is 28.8. The fourth-order valence-corrected chi connectivity index (χ4v) is 5.12. The van der Waals surface area contributed by atoms with Gasteiger partial charge in [-0.1, -0.05) is 23.7 Å². The van der Waals surface area contributed by atoms with Gasteiger partial charge in [0.15, 0.2) is 0 Å². The number of amides is 1. The molecule has 4 rings (SSSR count). The van der Waals surface area contributed by atoms with Crippen LogP contribution in [0.2, 0.25) is 5.02 Å². The molecule has 0 saturated carbocycles. The van der Waals surface area contributed by atoms with Crippen molar-refractivity contribution in [3.05, 3.63) is 64.0 Å². The zero-order chi connectivity index (χ0) is 22.0. The molecule has 0 radical (unpaired) electrons. The summed E-state index contributed by atoms with van der Waals surface area (Å²) in [5, 5.41) is 0.451. The van der Waals surface area contributed by atoms with E-state index >= 15 is 0 Å². The van der Waals surface area contributed by atoms with Crippen LogP contribution in [0.1, 0.15) is 25.3 Å². The van der Waals surface area contributed by atoms with E-state index in [9.17, 15) is 18.0 Å². The zero-order valence-electron chi connectivity index (χ0n) is 16.8. The number of imidazole rings is 1. The van der Waals surface area contributed by atoms with Crippen molar-refractivity contribution in [1.29, 1.82) is 0 Å². The summed E-state index contributed by atoms with van der Waals surface area (Å²) in [6.07, 6.45) is 1.42. The number of carbonyl (C=O) groups excluding carboxylic acids is 1. The van der Waals surface area contributed by atoms with Crippen LogP contribution < -0.4 is 10.4 Å². The lowest BCUT2D eigenvalue weighted by atomic mass is 10.0. The molecule has 0 spiro atoms. The number of likely N-dealkylation sites (tertiary alicyclic amines) is 1. The maximum Gasteiger partial charge on any atom is 0.326 e. The van der Waals surface area contributed by atoms with Gasteiger partial charge in [0.05, 0.1) is 15.9 Å². The van der Waals surface area contributed by atoms with Gasteiger partial charge in [-0.05, 0) is 49.2 Å². The molecule has 3 aromatic rings. The second-order valence-corrected chi connectivity index (χ2v) is 9.73. The summed E-state index contributed by atoms with van der Waals surface area (Å²) in [7, 11) is -3.69. The van der Waals surface area contributed by atoms with Gasteiger partial charge in [0.25, 0.3) is 0 Å². The van der Waals surface area contributed by atoms with E-state index in [-0.39, 0.29) is 35.5 Å². The smallest absolute Gasteiger partial charge is 0.326 e. The first-order chi connectivity index (χ1) is 14.8. The molecule has 10 heteroatoms. The maximum atomic E-state index is 12.5. The van der Waals surface area contributed by atoms with Crippen molar-refractivity contribution in [2.24, 2.45) is 0 Å². The van der Waals surface area contributed by atoms with Crippen molar-refractivity contribution in [2.45, 2.75) is 30.2 Å². The highest BCUT2D eigenvalue weighted by Gasteiger charge is 2.26. The van der Waals surface area contributed by atoms with Crippen LogP contribution in [0.3, 0.4) is 0 Å². The number of piperidine rings is 1. The molecule has 0 atom stereocenters.